The van der Waals surface area contributed by atoms with E-state index in [0.29, 0.717) is 6.42 Å². The molecular weight excluding hydrogens is 1100 g/mol. The molecule has 0 aromatic heterocycles. The third-order valence-corrected chi connectivity index (χ3v) is 19.2. The van der Waals surface area contributed by atoms with E-state index in [1.807, 2.05) is 6.08 Å². The van der Waals surface area contributed by atoms with Crippen molar-refractivity contribution in [3.8, 4) is 0 Å². The van der Waals surface area contributed by atoms with E-state index in [1.54, 1.807) is 6.08 Å². The first-order chi connectivity index (χ1) is 43.8. The number of aliphatic hydroxyl groups excluding tert-OH is 5. The van der Waals surface area contributed by atoms with Crippen LogP contribution in [0.5, 0.6) is 0 Å². The van der Waals surface area contributed by atoms with Gasteiger partial charge in [-0.3, -0.25) is 4.79 Å². The molecule has 7 unspecified atom stereocenters. The number of hydrogen-bond acceptors (Lipinski definition) is 8. The Morgan fingerprint density at radius 1 is 0.371 bits per heavy atom. The molecular formula is C80H153NO8. The number of hydrogen-bond donors (Lipinski definition) is 6. The van der Waals surface area contributed by atoms with E-state index < -0.39 is 49.5 Å². The van der Waals surface area contributed by atoms with E-state index in [4.69, 9.17) is 9.47 Å². The maximum absolute atomic E-state index is 13.2. The maximum Gasteiger partial charge on any atom is 0.220 e. The molecule has 0 radical (unpaired) electrons. The Hall–Kier alpha value is -1.59. The lowest BCUT2D eigenvalue weighted by Gasteiger charge is -2.40. The third kappa shape index (κ3) is 57.6. The molecule has 526 valence electrons. The van der Waals surface area contributed by atoms with E-state index in [2.05, 4.69) is 43.5 Å². The van der Waals surface area contributed by atoms with Crippen molar-refractivity contribution in [1.82, 2.24) is 5.32 Å². The maximum atomic E-state index is 13.2. The van der Waals surface area contributed by atoms with Gasteiger partial charge in [-0.2, -0.15) is 0 Å². The van der Waals surface area contributed by atoms with Gasteiger partial charge in [0.25, 0.3) is 0 Å². The Bertz CT molecular complexity index is 1500. The summed E-state index contributed by atoms with van der Waals surface area (Å²) in [5.41, 5.74) is 0. The van der Waals surface area contributed by atoms with Gasteiger partial charge in [0.1, 0.15) is 24.4 Å². The van der Waals surface area contributed by atoms with Crippen molar-refractivity contribution in [3.63, 3.8) is 0 Å². The second-order valence-electron chi connectivity index (χ2n) is 27.9. The van der Waals surface area contributed by atoms with Crippen molar-refractivity contribution in [3.05, 3.63) is 36.5 Å². The molecule has 1 saturated heterocycles. The van der Waals surface area contributed by atoms with Crippen molar-refractivity contribution in [2.45, 2.75) is 455 Å². The molecule has 1 rings (SSSR count). The van der Waals surface area contributed by atoms with Crippen LogP contribution in [0.15, 0.2) is 36.5 Å². The molecule has 0 aromatic rings. The average molecular weight is 1260 g/mol. The SMILES string of the molecule is CCCCCCCCCCCCCCCCCCCC/C=C/CC/C=C/CC/C=C/C(O)C(COC1OC(CO)C(O)C(O)C1O)NC(=O)CCCCCCCCCCCCCCCCCCCCCCCCCCCCCCCCCCCCCCCC. The van der Waals surface area contributed by atoms with Crippen LogP contribution in [0.3, 0.4) is 0 Å². The lowest BCUT2D eigenvalue weighted by atomic mass is 9.99. The number of allylic oxidation sites excluding steroid dienone is 5. The van der Waals surface area contributed by atoms with Gasteiger partial charge in [0.15, 0.2) is 6.29 Å². The summed E-state index contributed by atoms with van der Waals surface area (Å²) in [6, 6.07) is -0.829. The van der Waals surface area contributed by atoms with Crippen LogP contribution < -0.4 is 5.32 Å². The van der Waals surface area contributed by atoms with E-state index in [1.165, 1.54) is 347 Å². The van der Waals surface area contributed by atoms with Crippen LogP contribution in [-0.4, -0.2) is 87.5 Å². The zero-order valence-corrected chi connectivity index (χ0v) is 59.2. The van der Waals surface area contributed by atoms with E-state index in [0.717, 1.165) is 44.9 Å². The first-order valence-corrected chi connectivity index (χ1v) is 39.7. The monoisotopic (exact) mass is 1260 g/mol. The molecule has 1 heterocycles. The zero-order chi connectivity index (χ0) is 64.2. The Morgan fingerprint density at radius 3 is 0.944 bits per heavy atom. The summed E-state index contributed by atoms with van der Waals surface area (Å²) < 4.78 is 11.3. The van der Waals surface area contributed by atoms with Crippen LogP contribution in [0.25, 0.3) is 0 Å². The first-order valence-electron chi connectivity index (χ1n) is 39.7. The highest BCUT2D eigenvalue weighted by Crippen LogP contribution is 2.24. The largest absolute Gasteiger partial charge is 0.394 e. The zero-order valence-electron chi connectivity index (χ0n) is 59.2. The fraction of sp³-hybridized carbons (Fsp3) is 0.912. The Morgan fingerprint density at radius 2 is 0.640 bits per heavy atom. The molecule has 89 heavy (non-hydrogen) atoms. The molecule has 1 aliphatic heterocycles. The number of unbranched alkanes of at least 4 members (excludes halogenated alkanes) is 57. The minimum atomic E-state index is -1.58. The smallest absolute Gasteiger partial charge is 0.220 e. The highest BCUT2D eigenvalue weighted by Gasteiger charge is 2.44. The van der Waals surface area contributed by atoms with Crippen LogP contribution in [0, 0.1) is 0 Å². The number of amides is 1. The van der Waals surface area contributed by atoms with Gasteiger partial charge in [-0.05, 0) is 44.9 Å². The van der Waals surface area contributed by atoms with Gasteiger partial charge in [-0.15, -0.1) is 0 Å². The van der Waals surface area contributed by atoms with Gasteiger partial charge in [-0.1, -0.05) is 397 Å². The summed E-state index contributed by atoms with van der Waals surface area (Å²) in [4.78, 5) is 13.2. The van der Waals surface area contributed by atoms with Crippen LogP contribution in [0.2, 0.25) is 0 Å². The van der Waals surface area contributed by atoms with Gasteiger partial charge >= 0.3 is 0 Å². The standard InChI is InChI=1S/C80H153NO8/c1-3-5-7-9-11-13-15-17-19-21-23-25-27-29-31-33-34-35-36-37-38-39-40-41-42-44-46-48-50-52-54-56-58-60-62-64-66-68-70-76(84)81-73(72-88-80-79(87)78(86)77(85)75(71-82)89-80)74(83)69-67-65-63-61-59-57-55-53-51-49-47-45-43-32-30-28-26-24-22-20-18-16-14-12-10-8-6-4-2/h51,53,59,61,67,69,73-75,77-80,82-83,85-87H,3-50,52,54-58,60,62-66,68,70-72H2,1-2H3,(H,81,84)/b53-51+,61-59+,69-67+. The van der Waals surface area contributed by atoms with Crippen LogP contribution in [0.4, 0.5) is 0 Å². The molecule has 1 aliphatic rings. The van der Waals surface area contributed by atoms with E-state index >= 15 is 0 Å². The summed E-state index contributed by atoms with van der Waals surface area (Å²) in [6.45, 7) is 3.82. The predicted octanol–water partition coefficient (Wildman–Crippen LogP) is 22.5. The molecule has 0 aromatic carbocycles. The van der Waals surface area contributed by atoms with Crippen LogP contribution in [0.1, 0.15) is 412 Å². The average Bonchev–Trinajstić information content (AvgIpc) is 2.42. The number of aliphatic hydroxyl groups is 5. The van der Waals surface area contributed by atoms with E-state index in [-0.39, 0.29) is 12.5 Å². The molecule has 6 N–H and O–H groups in total. The highest BCUT2D eigenvalue weighted by molar-refractivity contribution is 5.76. The third-order valence-electron chi connectivity index (χ3n) is 19.2. The number of carbonyl (C=O) groups excluding carboxylic acids is 1. The second kappa shape index (κ2) is 69.2. The Balaban J connectivity index is 2.07. The van der Waals surface area contributed by atoms with Crippen molar-refractivity contribution in [1.29, 1.82) is 0 Å². The Labute approximate surface area is 552 Å². The van der Waals surface area contributed by atoms with Crippen molar-refractivity contribution in [2.75, 3.05) is 13.2 Å². The number of nitrogens with one attached hydrogen (secondary N) is 1. The topological polar surface area (TPSA) is 149 Å². The molecule has 1 amide bonds. The molecule has 7 atom stereocenters. The van der Waals surface area contributed by atoms with Crippen LogP contribution >= 0.6 is 0 Å². The highest BCUT2D eigenvalue weighted by atomic mass is 16.7. The van der Waals surface area contributed by atoms with Crippen molar-refractivity contribution in [2.24, 2.45) is 0 Å². The minimum Gasteiger partial charge on any atom is -0.394 e. The second-order valence-corrected chi connectivity index (χ2v) is 27.9. The minimum absolute atomic E-state index is 0.182. The number of rotatable bonds is 71. The lowest BCUT2D eigenvalue weighted by Crippen LogP contribution is -2.60. The molecule has 0 spiro atoms. The van der Waals surface area contributed by atoms with Gasteiger partial charge in [0, 0.05) is 6.42 Å². The summed E-state index contributed by atoms with van der Waals surface area (Å²) in [5.74, 6) is -0.182. The van der Waals surface area contributed by atoms with Gasteiger partial charge in [0.2, 0.25) is 5.91 Å². The molecule has 9 heteroatoms. The summed E-state index contributed by atoms with van der Waals surface area (Å²) in [5, 5.41) is 54.8. The summed E-state index contributed by atoms with van der Waals surface area (Å²) in [6.07, 6.45) is 87.4. The fourth-order valence-electron chi connectivity index (χ4n) is 13.0. The normalized spacial score (nSPS) is 17.9. The predicted molar refractivity (Wildman–Crippen MR) is 383 cm³/mol. The molecule has 0 bridgehead atoms. The summed E-state index contributed by atoms with van der Waals surface area (Å²) >= 11 is 0. The van der Waals surface area contributed by atoms with Crippen molar-refractivity contribution < 1.29 is 39.8 Å². The summed E-state index contributed by atoms with van der Waals surface area (Å²) in [7, 11) is 0. The quantitative estimate of drug-likeness (QED) is 0.0261. The molecule has 0 saturated carbocycles. The molecule has 1 fully saturated rings. The number of carbonyl (C=O) groups is 1. The molecule has 9 nitrogen and oxygen atoms in total. The van der Waals surface area contributed by atoms with Gasteiger partial charge in [0.05, 0.1) is 25.4 Å². The van der Waals surface area contributed by atoms with Crippen molar-refractivity contribution >= 4 is 5.91 Å². The fourth-order valence-corrected chi connectivity index (χ4v) is 13.0. The van der Waals surface area contributed by atoms with E-state index in [9.17, 15) is 30.3 Å². The first kappa shape index (κ1) is 85.4. The van der Waals surface area contributed by atoms with Gasteiger partial charge < -0.3 is 40.3 Å². The van der Waals surface area contributed by atoms with Gasteiger partial charge in [-0.25, -0.2) is 0 Å². The molecule has 0 aliphatic carbocycles. The lowest BCUT2D eigenvalue weighted by molar-refractivity contribution is -0.302. The number of ether oxygens (including phenoxy) is 2. The Kier molecular flexibility index (Phi) is 66.5. The van der Waals surface area contributed by atoms with Crippen LogP contribution in [-0.2, 0) is 14.3 Å².